The molecule has 6 heteroatoms. The Morgan fingerprint density at radius 1 is 1.00 bits per heavy atom. The van der Waals surface area contributed by atoms with E-state index in [4.69, 9.17) is 0 Å². The van der Waals surface area contributed by atoms with Gasteiger partial charge in [0.15, 0.2) is 0 Å². The Bertz CT molecular complexity index is 1340. The Kier molecular flexibility index (Phi) is 8.63. The van der Waals surface area contributed by atoms with Crippen molar-refractivity contribution in [2.24, 2.45) is 0 Å². The number of amides is 2. The van der Waals surface area contributed by atoms with Gasteiger partial charge in [-0.1, -0.05) is 58.7 Å². The Hall–Kier alpha value is -3.67. The van der Waals surface area contributed by atoms with Gasteiger partial charge in [0, 0.05) is 48.5 Å². The minimum Gasteiger partial charge on any atom is -0.350 e. The summed E-state index contributed by atoms with van der Waals surface area (Å²) in [5.41, 5.74) is 4.73. The Morgan fingerprint density at radius 2 is 1.71 bits per heavy atom. The monoisotopic (exact) mass is 472 g/mol. The second-order valence-electron chi connectivity index (χ2n) is 8.86. The van der Waals surface area contributed by atoms with E-state index in [0.717, 1.165) is 44.1 Å². The van der Waals surface area contributed by atoms with Crippen molar-refractivity contribution >= 4 is 39.2 Å². The lowest BCUT2D eigenvalue weighted by molar-refractivity contribution is -0.121. The number of fused-ring (bicyclic) bond motifs is 1. The van der Waals surface area contributed by atoms with Crippen LogP contribution in [0.25, 0.3) is 21.7 Å². The van der Waals surface area contributed by atoms with Crippen LogP contribution in [0.3, 0.4) is 0 Å². The summed E-state index contributed by atoms with van der Waals surface area (Å²) in [6, 6.07) is 11.6. The van der Waals surface area contributed by atoms with Crippen LogP contribution in [0, 0.1) is 6.92 Å². The van der Waals surface area contributed by atoms with Gasteiger partial charge in [-0.2, -0.15) is 0 Å². The molecule has 0 atom stereocenters. The summed E-state index contributed by atoms with van der Waals surface area (Å²) in [6.45, 7) is 11.2. The Morgan fingerprint density at radius 3 is 2.43 bits per heavy atom. The predicted molar refractivity (Wildman–Crippen MR) is 145 cm³/mol. The highest BCUT2D eigenvalue weighted by atomic mass is 16.2. The van der Waals surface area contributed by atoms with Crippen LogP contribution >= 0.6 is 0 Å². The summed E-state index contributed by atoms with van der Waals surface area (Å²) >= 11 is 0. The molecule has 5 rings (SSSR count). The molecule has 1 aliphatic heterocycles. The van der Waals surface area contributed by atoms with E-state index in [-0.39, 0.29) is 18.4 Å². The molecule has 4 aromatic rings. The molecule has 0 saturated carbocycles. The third-order valence-electron chi connectivity index (χ3n) is 5.68. The molecular formula is C29H36N4O2. The van der Waals surface area contributed by atoms with E-state index in [0.29, 0.717) is 6.54 Å². The Balaban J connectivity index is 0.000000520. The van der Waals surface area contributed by atoms with Crippen LogP contribution in [0.2, 0.25) is 0 Å². The molecule has 2 aromatic carbocycles. The van der Waals surface area contributed by atoms with Gasteiger partial charge in [0.1, 0.15) is 6.54 Å². The van der Waals surface area contributed by atoms with Gasteiger partial charge >= 0.3 is 0 Å². The lowest BCUT2D eigenvalue weighted by atomic mass is 10.0. The SMILES string of the molecule is CCC.CCC.Cc1cn(CC(=O)NCc2ccc3c4c(cccc24)C(=O)N3C)c2ccncc12. The summed E-state index contributed by atoms with van der Waals surface area (Å²) in [5.74, 6) is -0.0497. The summed E-state index contributed by atoms with van der Waals surface area (Å²) in [7, 11) is 1.79. The zero-order chi connectivity index (χ0) is 25.5. The van der Waals surface area contributed by atoms with Crippen LogP contribution in [-0.2, 0) is 17.9 Å². The standard InChI is InChI=1S/C23H20N4O2.2C3H8/c1-14-12-27(19-8-9-24-11-18(14)19)13-21(28)25-10-15-6-7-20-22-16(15)4-3-5-17(22)23(29)26(20)2;2*1-3-2/h3-9,11-12H,10,13H2,1-2H3,(H,25,28);2*3H2,1-2H3. The topological polar surface area (TPSA) is 67.2 Å². The van der Waals surface area contributed by atoms with Crippen LogP contribution in [0.5, 0.6) is 0 Å². The van der Waals surface area contributed by atoms with Crippen molar-refractivity contribution in [2.45, 2.75) is 60.5 Å². The molecule has 2 amide bonds. The molecular weight excluding hydrogens is 436 g/mol. The van der Waals surface area contributed by atoms with Gasteiger partial charge in [-0.15, -0.1) is 0 Å². The fourth-order valence-corrected chi connectivity index (χ4v) is 4.20. The second kappa shape index (κ2) is 11.6. The lowest BCUT2D eigenvalue weighted by Crippen LogP contribution is -2.27. The average Bonchev–Trinajstić information content (AvgIpc) is 3.30. The highest BCUT2D eigenvalue weighted by Gasteiger charge is 2.27. The molecule has 0 fully saturated rings. The molecule has 1 N–H and O–H groups in total. The molecule has 2 aromatic heterocycles. The molecule has 6 nitrogen and oxygen atoms in total. The number of nitrogens with one attached hydrogen (secondary N) is 1. The maximum absolute atomic E-state index is 12.6. The van der Waals surface area contributed by atoms with Gasteiger partial charge in [0.2, 0.25) is 5.91 Å². The molecule has 0 unspecified atom stereocenters. The van der Waals surface area contributed by atoms with E-state index < -0.39 is 0 Å². The number of pyridine rings is 1. The molecule has 1 aliphatic rings. The molecule has 0 saturated heterocycles. The zero-order valence-corrected chi connectivity index (χ0v) is 21.7. The van der Waals surface area contributed by atoms with Gasteiger partial charge in [0.05, 0.1) is 11.2 Å². The van der Waals surface area contributed by atoms with Crippen LogP contribution < -0.4 is 10.2 Å². The second-order valence-corrected chi connectivity index (χ2v) is 8.86. The summed E-state index contributed by atoms with van der Waals surface area (Å²) < 4.78 is 1.95. The zero-order valence-electron chi connectivity index (χ0n) is 21.7. The molecule has 0 bridgehead atoms. The first-order valence-electron chi connectivity index (χ1n) is 12.4. The van der Waals surface area contributed by atoms with Gasteiger partial charge in [0.25, 0.3) is 5.91 Å². The molecule has 184 valence electrons. The van der Waals surface area contributed by atoms with E-state index in [1.807, 2.05) is 60.3 Å². The van der Waals surface area contributed by atoms with Crippen LogP contribution in [0.15, 0.2) is 55.0 Å². The normalized spacial score (nSPS) is 11.7. The average molecular weight is 473 g/mol. The number of carbonyl (C=O) groups excluding carboxylic acids is 2. The highest BCUT2D eigenvalue weighted by Crippen LogP contribution is 2.37. The van der Waals surface area contributed by atoms with Crippen LogP contribution in [0.4, 0.5) is 5.69 Å². The smallest absolute Gasteiger partial charge is 0.258 e. The fourth-order valence-electron chi connectivity index (χ4n) is 4.20. The van der Waals surface area contributed by atoms with E-state index in [9.17, 15) is 9.59 Å². The maximum Gasteiger partial charge on any atom is 0.258 e. The third-order valence-corrected chi connectivity index (χ3v) is 5.68. The summed E-state index contributed by atoms with van der Waals surface area (Å²) in [6.07, 6.45) is 8.04. The largest absolute Gasteiger partial charge is 0.350 e. The number of hydrogen-bond acceptors (Lipinski definition) is 3. The number of anilines is 1. The molecule has 0 spiro atoms. The maximum atomic E-state index is 12.6. The van der Waals surface area contributed by atoms with Crippen molar-refractivity contribution < 1.29 is 9.59 Å². The van der Waals surface area contributed by atoms with E-state index >= 15 is 0 Å². The lowest BCUT2D eigenvalue weighted by Gasteiger charge is -2.13. The highest BCUT2D eigenvalue weighted by molar-refractivity contribution is 6.25. The van der Waals surface area contributed by atoms with E-state index in [1.54, 1.807) is 18.1 Å². The molecule has 0 radical (unpaired) electrons. The number of benzene rings is 2. The number of nitrogens with zero attached hydrogens (tertiary/aromatic N) is 3. The van der Waals surface area contributed by atoms with Crippen molar-refractivity contribution in [1.29, 1.82) is 0 Å². The number of rotatable bonds is 4. The Labute approximate surface area is 208 Å². The number of hydrogen-bond donors (Lipinski definition) is 1. The predicted octanol–water partition coefficient (Wildman–Crippen LogP) is 6.24. The fraction of sp³-hybridized carbons (Fsp3) is 0.345. The van der Waals surface area contributed by atoms with E-state index in [1.165, 1.54) is 12.8 Å². The molecule has 3 heterocycles. The van der Waals surface area contributed by atoms with Crippen molar-refractivity contribution in [1.82, 2.24) is 14.9 Å². The first-order valence-corrected chi connectivity index (χ1v) is 12.4. The van der Waals surface area contributed by atoms with Crippen molar-refractivity contribution in [3.05, 3.63) is 71.7 Å². The summed E-state index contributed by atoms with van der Waals surface area (Å²) in [5, 5.41) is 6.05. The number of aryl methyl sites for hydroxylation is 1. The van der Waals surface area contributed by atoms with Crippen molar-refractivity contribution in [2.75, 3.05) is 11.9 Å². The first-order chi connectivity index (χ1) is 16.9. The minimum atomic E-state index is -0.0600. The van der Waals surface area contributed by atoms with E-state index in [2.05, 4.69) is 38.0 Å². The third kappa shape index (κ3) is 5.37. The van der Waals surface area contributed by atoms with Crippen LogP contribution in [-0.4, -0.2) is 28.4 Å². The van der Waals surface area contributed by atoms with Crippen molar-refractivity contribution in [3.8, 4) is 0 Å². The number of aromatic nitrogens is 2. The van der Waals surface area contributed by atoms with Gasteiger partial charge in [-0.05, 0) is 41.6 Å². The van der Waals surface area contributed by atoms with Gasteiger partial charge in [-0.3, -0.25) is 14.6 Å². The molecule has 35 heavy (non-hydrogen) atoms. The van der Waals surface area contributed by atoms with Crippen molar-refractivity contribution in [3.63, 3.8) is 0 Å². The number of carbonyl (C=O) groups is 2. The van der Waals surface area contributed by atoms with Gasteiger partial charge < -0.3 is 14.8 Å². The van der Waals surface area contributed by atoms with Gasteiger partial charge in [-0.25, -0.2) is 0 Å². The quantitative estimate of drug-likeness (QED) is 0.382. The minimum absolute atomic E-state index is 0.0103. The van der Waals surface area contributed by atoms with Crippen LogP contribution in [0.1, 0.15) is 62.0 Å². The first kappa shape index (κ1) is 25.9. The molecule has 0 aliphatic carbocycles. The summed E-state index contributed by atoms with van der Waals surface area (Å²) in [4.78, 5) is 30.9.